The van der Waals surface area contributed by atoms with Gasteiger partial charge in [-0.1, -0.05) is 6.92 Å². The van der Waals surface area contributed by atoms with Gasteiger partial charge in [-0.3, -0.25) is 0 Å². The normalized spacial score (nSPS) is 13.6. The van der Waals surface area contributed by atoms with E-state index in [1.165, 1.54) is 11.3 Å². The Morgan fingerprint density at radius 3 is 2.75 bits per heavy atom. The first-order valence-corrected chi connectivity index (χ1v) is 9.60. The van der Waals surface area contributed by atoms with Gasteiger partial charge in [0, 0.05) is 24.6 Å². The number of hydrogen-bond donors (Lipinski definition) is 2. The molecule has 0 amide bonds. The molecule has 1 aromatic heterocycles. The van der Waals surface area contributed by atoms with Crippen molar-refractivity contribution >= 4 is 37.3 Å². The third-order valence-corrected chi connectivity index (χ3v) is 6.23. The van der Waals surface area contributed by atoms with E-state index in [4.69, 9.17) is 4.74 Å². The van der Waals surface area contributed by atoms with Gasteiger partial charge < -0.3 is 10.1 Å². The minimum absolute atomic E-state index is 0.145. The minimum atomic E-state index is -3.50. The standard InChI is InChI=1S/C12H21BrN2O3S2/c1-4-14-8-10-6-11(12(13)19-10)20(16,17)15-7-9(3)18-5-2/h6,9,14-15H,4-5,7-8H2,1-3H3. The van der Waals surface area contributed by atoms with Gasteiger partial charge in [0.25, 0.3) is 0 Å². The fourth-order valence-electron chi connectivity index (χ4n) is 1.56. The number of halogens is 1. The summed E-state index contributed by atoms with van der Waals surface area (Å²) in [6, 6.07) is 1.70. The molecule has 1 atom stereocenters. The van der Waals surface area contributed by atoms with Gasteiger partial charge in [0.05, 0.1) is 9.89 Å². The average Bonchev–Trinajstić information content (AvgIpc) is 2.76. The first-order valence-electron chi connectivity index (χ1n) is 6.50. The molecule has 0 saturated heterocycles. The molecule has 0 aliphatic carbocycles. The lowest BCUT2D eigenvalue weighted by atomic mass is 10.4. The maximum atomic E-state index is 12.2. The third kappa shape index (κ3) is 5.42. The van der Waals surface area contributed by atoms with E-state index in [0.29, 0.717) is 21.8 Å². The highest BCUT2D eigenvalue weighted by Gasteiger charge is 2.21. The Bertz CT molecular complexity index is 517. The lowest BCUT2D eigenvalue weighted by Crippen LogP contribution is -2.32. The number of thiophene rings is 1. The molecule has 0 aliphatic rings. The Labute approximate surface area is 133 Å². The second-order valence-electron chi connectivity index (χ2n) is 4.25. The highest BCUT2D eigenvalue weighted by Crippen LogP contribution is 2.31. The van der Waals surface area contributed by atoms with Crippen molar-refractivity contribution in [2.45, 2.75) is 38.3 Å². The molecule has 0 saturated carbocycles. The number of sulfonamides is 1. The molecule has 1 unspecified atom stereocenters. The molecule has 0 aromatic carbocycles. The molecule has 0 aliphatic heterocycles. The summed E-state index contributed by atoms with van der Waals surface area (Å²) in [5.41, 5.74) is 0. The summed E-state index contributed by atoms with van der Waals surface area (Å²) < 4.78 is 33.0. The van der Waals surface area contributed by atoms with Crippen molar-refractivity contribution in [3.05, 3.63) is 14.7 Å². The third-order valence-electron chi connectivity index (χ3n) is 2.56. The predicted octanol–water partition coefficient (Wildman–Crippen LogP) is 2.32. The summed E-state index contributed by atoms with van der Waals surface area (Å²) in [6.07, 6.45) is -0.145. The van der Waals surface area contributed by atoms with E-state index >= 15 is 0 Å². The number of ether oxygens (including phenoxy) is 1. The Balaban J connectivity index is 2.74. The summed E-state index contributed by atoms with van der Waals surface area (Å²) in [5.74, 6) is 0. The van der Waals surface area contributed by atoms with E-state index in [9.17, 15) is 8.42 Å². The molecule has 0 spiro atoms. The summed E-state index contributed by atoms with van der Waals surface area (Å²) in [5, 5.41) is 3.18. The second kappa shape index (κ2) is 8.45. The van der Waals surface area contributed by atoms with Crippen molar-refractivity contribution in [1.29, 1.82) is 0 Å². The van der Waals surface area contributed by atoms with Crippen LogP contribution in [0.15, 0.2) is 14.7 Å². The first kappa shape index (κ1) is 18.1. The molecular formula is C12H21BrN2O3S2. The Kier molecular flexibility index (Phi) is 7.63. The average molecular weight is 385 g/mol. The molecule has 1 heterocycles. The van der Waals surface area contributed by atoms with Gasteiger partial charge in [0.2, 0.25) is 10.0 Å². The smallest absolute Gasteiger partial charge is 0.242 e. The molecule has 116 valence electrons. The van der Waals surface area contributed by atoms with Gasteiger partial charge in [-0.15, -0.1) is 11.3 Å². The van der Waals surface area contributed by atoms with E-state index in [1.54, 1.807) is 6.07 Å². The van der Waals surface area contributed by atoms with Crippen LogP contribution in [0.1, 0.15) is 25.6 Å². The van der Waals surface area contributed by atoms with Crippen LogP contribution in [-0.4, -0.2) is 34.2 Å². The molecular weight excluding hydrogens is 364 g/mol. The maximum Gasteiger partial charge on any atom is 0.242 e. The SMILES string of the molecule is CCNCc1cc(S(=O)(=O)NCC(C)OCC)c(Br)s1. The molecule has 0 radical (unpaired) electrons. The lowest BCUT2D eigenvalue weighted by Gasteiger charge is -2.12. The van der Waals surface area contributed by atoms with Crippen LogP contribution in [0.4, 0.5) is 0 Å². The molecule has 5 nitrogen and oxygen atoms in total. The Morgan fingerprint density at radius 1 is 1.45 bits per heavy atom. The van der Waals surface area contributed by atoms with Crippen molar-refractivity contribution in [3.8, 4) is 0 Å². The lowest BCUT2D eigenvalue weighted by molar-refractivity contribution is 0.0799. The van der Waals surface area contributed by atoms with E-state index in [1.807, 2.05) is 20.8 Å². The Hall–Kier alpha value is 0.01000. The topological polar surface area (TPSA) is 67.4 Å². The summed E-state index contributed by atoms with van der Waals surface area (Å²) >= 11 is 4.75. The zero-order valence-electron chi connectivity index (χ0n) is 11.9. The van der Waals surface area contributed by atoms with Gasteiger partial charge in [-0.2, -0.15) is 0 Å². The van der Waals surface area contributed by atoms with Gasteiger partial charge >= 0.3 is 0 Å². The molecule has 0 bridgehead atoms. The Morgan fingerprint density at radius 2 is 2.15 bits per heavy atom. The van der Waals surface area contributed by atoms with Crippen LogP contribution in [0.5, 0.6) is 0 Å². The predicted molar refractivity (Wildman–Crippen MR) is 85.7 cm³/mol. The van der Waals surface area contributed by atoms with E-state index < -0.39 is 10.0 Å². The van der Waals surface area contributed by atoms with Gasteiger partial charge in [-0.25, -0.2) is 13.1 Å². The number of hydrogen-bond acceptors (Lipinski definition) is 5. The molecule has 2 N–H and O–H groups in total. The van der Waals surface area contributed by atoms with Gasteiger partial charge in [0.15, 0.2) is 0 Å². The van der Waals surface area contributed by atoms with Crippen molar-refractivity contribution in [1.82, 2.24) is 10.0 Å². The van der Waals surface area contributed by atoms with Crippen LogP contribution in [0, 0.1) is 0 Å². The second-order valence-corrected chi connectivity index (χ2v) is 8.44. The van der Waals surface area contributed by atoms with Crippen molar-refractivity contribution in [3.63, 3.8) is 0 Å². The molecule has 0 fully saturated rings. The number of rotatable bonds is 9. The highest BCUT2D eigenvalue weighted by atomic mass is 79.9. The largest absolute Gasteiger partial charge is 0.377 e. The fourth-order valence-corrected chi connectivity index (χ4v) is 5.33. The van der Waals surface area contributed by atoms with Gasteiger partial charge in [-0.05, 0) is 42.4 Å². The quantitative estimate of drug-likeness (QED) is 0.685. The van der Waals surface area contributed by atoms with E-state index in [-0.39, 0.29) is 12.6 Å². The molecule has 1 aromatic rings. The zero-order chi connectivity index (χ0) is 15.2. The van der Waals surface area contributed by atoms with Crippen LogP contribution in [-0.2, 0) is 21.3 Å². The first-order chi connectivity index (χ1) is 9.40. The summed E-state index contributed by atoms with van der Waals surface area (Å²) in [7, 11) is -3.50. The number of nitrogens with one attached hydrogen (secondary N) is 2. The van der Waals surface area contributed by atoms with E-state index in [0.717, 1.165) is 11.4 Å². The highest BCUT2D eigenvalue weighted by molar-refractivity contribution is 9.11. The van der Waals surface area contributed by atoms with Crippen molar-refractivity contribution in [2.75, 3.05) is 19.7 Å². The zero-order valence-corrected chi connectivity index (χ0v) is 15.1. The van der Waals surface area contributed by atoms with E-state index in [2.05, 4.69) is 26.0 Å². The fraction of sp³-hybridized carbons (Fsp3) is 0.667. The molecule has 8 heteroatoms. The van der Waals surface area contributed by atoms with Crippen LogP contribution >= 0.6 is 27.3 Å². The van der Waals surface area contributed by atoms with Crippen LogP contribution < -0.4 is 10.0 Å². The maximum absolute atomic E-state index is 12.2. The van der Waals surface area contributed by atoms with Crippen molar-refractivity contribution in [2.24, 2.45) is 0 Å². The monoisotopic (exact) mass is 384 g/mol. The minimum Gasteiger partial charge on any atom is -0.377 e. The van der Waals surface area contributed by atoms with Crippen LogP contribution in [0.25, 0.3) is 0 Å². The van der Waals surface area contributed by atoms with Crippen LogP contribution in [0.3, 0.4) is 0 Å². The summed E-state index contributed by atoms with van der Waals surface area (Å²) in [6.45, 7) is 8.08. The van der Waals surface area contributed by atoms with Crippen LogP contribution in [0.2, 0.25) is 0 Å². The molecule has 20 heavy (non-hydrogen) atoms. The van der Waals surface area contributed by atoms with Crippen molar-refractivity contribution < 1.29 is 13.2 Å². The summed E-state index contributed by atoms with van der Waals surface area (Å²) in [4.78, 5) is 1.27. The van der Waals surface area contributed by atoms with Gasteiger partial charge in [0.1, 0.15) is 4.90 Å². The molecule has 1 rings (SSSR count).